The van der Waals surface area contributed by atoms with Crippen LogP contribution in [0, 0.1) is 11.3 Å². The summed E-state index contributed by atoms with van der Waals surface area (Å²) in [5.41, 5.74) is 0.835. The fourth-order valence-electron chi connectivity index (χ4n) is 4.31. The largest absolute Gasteiger partial charge is 0.381 e. The summed E-state index contributed by atoms with van der Waals surface area (Å²) in [6, 6.07) is 7.66. The van der Waals surface area contributed by atoms with E-state index >= 15 is 0 Å². The highest BCUT2D eigenvalue weighted by molar-refractivity contribution is 9.10. The number of amides is 2. The molecule has 0 bridgehead atoms. The van der Waals surface area contributed by atoms with Crippen LogP contribution in [0.15, 0.2) is 28.7 Å². The van der Waals surface area contributed by atoms with Crippen molar-refractivity contribution in [2.45, 2.75) is 19.3 Å². The number of carbonyl (C=O) groups is 2. The first-order valence-corrected chi connectivity index (χ1v) is 10.4. The number of anilines is 1. The first-order valence-electron chi connectivity index (χ1n) is 9.57. The van der Waals surface area contributed by atoms with Gasteiger partial charge in [-0.15, -0.1) is 0 Å². The lowest BCUT2D eigenvalue weighted by molar-refractivity contribution is -0.137. The molecule has 3 heterocycles. The van der Waals surface area contributed by atoms with E-state index in [1.54, 1.807) is 4.90 Å². The van der Waals surface area contributed by atoms with E-state index in [9.17, 15) is 9.59 Å². The Kier molecular flexibility index (Phi) is 5.53. The average Bonchev–Trinajstić information content (AvgIpc) is 2.94. The molecule has 1 aromatic carbocycles. The van der Waals surface area contributed by atoms with Crippen molar-refractivity contribution in [2.24, 2.45) is 11.3 Å². The summed E-state index contributed by atoms with van der Waals surface area (Å²) in [4.78, 5) is 29.4. The van der Waals surface area contributed by atoms with E-state index in [1.807, 2.05) is 29.2 Å². The first kappa shape index (κ1) is 18.9. The Morgan fingerprint density at radius 1 is 1.19 bits per heavy atom. The van der Waals surface area contributed by atoms with Crippen LogP contribution in [0.5, 0.6) is 0 Å². The lowest BCUT2D eigenvalue weighted by Crippen LogP contribution is -2.46. The normalized spacial score (nSPS) is 25.7. The predicted molar refractivity (Wildman–Crippen MR) is 104 cm³/mol. The van der Waals surface area contributed by atoms with Crippen LogP contribution in [-0.4, -0.2) is 62.8 Å². The molecular formula is C20H25BrN2O4. The molecule has 1 spiro atoms. The summed E-state index contributed by atoms with van der Waals surface area (Å²) in [5, 5.41) is 0. The molecule has 0 aromatic heterocycles. The Morgan fingerprint density at radius 3 is 2.78 bits per heavy atom. The molecule has 0 N–H and O–H groups in total. The molecule has 0 aliphatic carbocycles. The third-order valence-corrected chi connectivity index (χ3v) is 6.39. The summed E-state index contributed by atoms with van der Waals surface area (Å²) >= 11 is 3.45. The van der Waals surface area contributed by atoms with Crippen LogP contribution in [-0.2, 0) is 19.1 Å². The Bertz CT molecular complexity index is 720. The zero-order chi connectivity index (χ0) is 18.9. The lowest BCUT2D eigenvalue weighted by Gasteiger charge is -2.38. The Balaban J connectivity index is 1.46. The van der Waals surface area contributed by atoms with Crippen molar-refractivity contribution in [3.05, 3.63) is 28.7 Å². The summed E-state index contributed by atoms with van der Waals surface area (Å²) in [6.07, 6.45) is 2.12. The van der Waals surface area contributed by atoms with Crippen molar-refractivity contribution in [1.29, 1.82) is 0 Å². The van der Waals surface area contributed by atoms with Gasteiger partial charge in [0.2, 0.25) is 11.8 Å². The molecule has 3 saturated heterocycles. The van der Waals surface area contributed by atoms with Crippen molar-refractivity contribution < 1.29 is 19.1 Å². The maximum absolute atomic E-state index is 13.2. The number of carbonyl (C=O) groups excluding carboxylic acids is 2. The van der Waals surface area contributed by atoms with Crippen LogP contribution >= 0.6 is 15.9 Å². The van der Waals surface area contributed by atoms with Gasteiger partial charge in [0.1, 0.15) is 0 Å². The van der Waals surface area contributed by atoms with Gasteiger partial charge in [0.15, 0.2) is 0 Å². The summed E-state index contributed by atoms with van der Waals surface area (Å²) in [7, 11) is 0. The van der Waals surface area contributed by atoms with Crippen molar-refractivity contribution in [1.82, 2.24) is 4.90 Å². The molecule has 1 aromatic rings. The van der Waals surface area contributed by atoms with Gasteiger partial charge in [0.25, 0.3) is 0 Å². The summed E-state index contributed by atoms with van der Waals surface area (Å²) in [5.74, 6) is -0.193. The minimum atomic E-state index is -0.286. The summed E-state index contributed by atoms with van der Waals surface area (Å²) in [6.45, 7) is 4.45. The van der Waals surface area contributed by atoms with E-state index in [0.717, 1.165) is 36.2 Å². The monoisotopic (exact) mass is 436 g/mol. The molecule has 3 aliphatic rings. The van der Waals surface area contributed by atoms with E-state index in [-0.39, 0.29) is 29.6 Å². The van der Waals surface area contributed by atoms with Crippen LogP contribution in [0.2, 0.25) is 0 Å². The van der Waals surface area contributed by atoms with Crippen molar-refractivity contribution >= 4 is 33.4 Å². The fraction of sp³-hybridized carbons (Fsp3) is 0.600. The molecular weight excluding hydrogens is 412 g/mol. The highest BCUT2D eigenvalue weighted by Gasteiger charge is 2.42. The van der Waals surface area contributed by atoms with E-state index in [1.165, 1.54) is 0 Å². The molecule has 4 rings (SSSR count). The van der Waals surface area contributed by atoms with E-state index < -0.39 is 0 Å². The molecule has 0 radical (unpaired) electrons. The van der Waals surface area contributed by atoms with Gasteiger partial charge in [-0.25, -0.2) is 0 Å². The zero-order valence-electron chi connectivity index (χ0n) is 15.4. The predicted octanol–water partition coefficient (Wildman–Crippen LogP) is 2.46. The van der Waals surface area contributed by atoms with Gasteiger partial charge < -0.3 is 19.3 Å². The zero-order valence-corrected chi connectivity index (χ0v) is 16.9. The molecule has 3 aliphatic heterocycles. The average molecular weight is 437 g/mol. The highest BCUT2D eigenvalue weighted by atomic mass is 79.9. The molecule has 146 valence electrons. The van der Waals surface area contributed by atoms with Crippen LogP contribution in [0.25, 0.3) is 0 Å². The molecule has 2 amide bonds. The van der Waals surface area contributed by atoms with Gasteiger partial charge in [-0.05, 0) is 31.0 Å². The summed E-state index contributed by atoms with van der Waals surface area (Å²) < 4.78 is 12.3. The van der Waals surface area contributed by atoms with Crippen molar-refractivity contribution in [3.63, 3.8) is 0 Å². The Labute approximate surface area is 167 Å². The van der Waals surface area contributed by atoms with Crippen LogP contribution in [0.4, 0.5) is 5.69 Å². The lowest BCUT2D eigenvalue weighted by atomic mass is 9.80. The SMILES string of the molecule is O=C(C1CC(=O)N(c2cccc(Br)c2)C1)N1CCOCC2(CCOCC2)C1. The van der Waals surface area contributed by atoms with Gasteiger partial charge in [0.05, 0.1) is 19.1 Å². The number of benzene rings is 1. The van der Waals surface area contributed by atoms with Crippen LogP contribution in [0.3, 0.4) is 0 Å². The molecule has 27 heavy (non-hydrogen) atoms. The third kappa shape index (κ3) is 4.05. The maximum atomic E-state index is 13.2. The maximum Gasteiger partial charge on any atom is 0.228 e. The molecule has 3 fully saturated rings. The van der Waals surface area contributed by atoms with Crippen LogP contribution < -0.4 is 4.90 Å². The number of rotatable bonds is 2. The number of halogens is 1. The third-order valence-electron chi connectivity index (χ3n) is 5.90. The number of nitrogens with zero attached hydrogens (tertiary/aromatic N) is 2. The van der Waals surface area contributed by atoms with Crippen LogP contribution in [0.1, 0.15) is 19.3 Å². The Morgan fingerprint density at radius 2 is 2.00 bits per heavy atom. The Hall–Kier alpha value is -1.44. The smallest absolute Gasteiger partial charge is 0.228 e. The van der Waals surface area contributed by atoms with Gasteiger partial charge >= 0.3 is 0 Å². The van der Waals surface area contributed by atoms with Gasteiger partial charge in [-0.3, -0.25) is 9.59 Å². The molecule has 0 saturated carbocycles. The molecule has 7 heteroatoms. The van der Waals surface area contributed by atoms with Gasteiger partial charge in [0, 0.05) is 54.8 Å². The number of hydrogen-bond acceptors (Lipinski definition) is 4. The molecule has 1 unspecified atom stereocenters. The number of ether oxygens (including phenoxy) is 2. The van der Waals surface area contributed by atoms with Gasteiger partial charge in [-0.2, -0.15) is 0 Å². The fourth-order valence-corrected chi connectivity index (χ4v) is 4.70. The molecule has 6 nitrogen and oxygen atoms in total. The van der Waals surface area contributed by atoms with Gasteiger partial charge in [-0.1, -0.05) is 22.0 Å². The van der Waals surface area contributed by atoms with Crippen molar-refractivity contribution in [2.75, 3.05) is 51.0 Å². The molecule has 1 atom stereocenters. The van der Waals surface area contributed by atoms with E-state index in [2.05, 4.69) is 15.9 Å². The topological polar surface area (TPSA) is 59.1 Å². The minimum Gasteiger partial charge on any atom is -0.381 e. The highest BCUT2D eigenvalue weighted by Crippen LogP contribution is 2.35. The quantitative estimate of drug-likeness (QED) is 0.714. The minimum absolute atomic E-state index is 0.00297. The second-order valence-corrected chi connectivity index (χ2v) is 8.73. The van der Waals surface area contributed by atoms with E-state index in [0.29, 0.717) is 32.8 Å². The number of hydrogen-bond donors (Lipinski definition) is 0. The second-order valence-electron chi connectivity index (χ2n) is 7.81. The van der Waals surface area contributed by atoms with Crippen molar-refractivity contribution in [3.8, 4) is 0 Å². The van der Waals surface area contributed by atoms with E-state index in [4.69, 9.17) is 9.47 Å². The first-order chi connectivity index (χ1) is 13.1. The second kappa shape index (κ2) is 7.89. The standard InChI is InChI=1S/C20H25BrN2O4/c21-16-2-1-3-17(11-16)23-12-15(10-18(23)24)19(25)22-6-9-27-14-20(13-22)4-7-26-8-5-20/h1-3,11,15H,4-10,12-14H2.